The molecule has 2 aromatic heterocycles. The first-order valence-corrected chi connectivity index (χ1v) is 12.5. The first-order valence-electron chi connectivity index (χ1n) is 10.9. The lowest BCUT2D eigenvalue weighted by Gasteiger charge is -2.40. The summed E-state index contributed by atoms with van der Waals surface area (Å²) < 4.78 is 27.7. The van der Waals surface area contributed by atoms with E-state index in [1.54, 1.807) is 10.6 Å². The molecular weight excluding hydrogens is 402 g/mol. The zero-order valence-electron chi connectivity index (χ0n) is 17.9. The Morgan fingerprint density at radius 1 is 1.30 bits per heavy atom. The van der Waals surface area contributed by atoms with Crippen LogP contribution in [0, 0.1) is 11.3 Å². The lowest BCUT2D eigenvalue weighted by Crippen LogP contribution is -2.48. The number of anilines is 1. The van der Waals surface area contributed by atoms with Crippen molar-refractivity contribution in [2.75, 3.05) is 37.4 Å². The fourth-order valence-electron chi connectivity index (χ4n) is 5.05. The van der Waals surface area contributed by atoms with E-state index < -0.39 is 10.0 Å². The molecule has 0 spiro atoms. The highest BCUT2D eigenvalue weighted by atomic mass is 32.2. The van der Waals surface area contributed by atoms with E-state index in [1.807, 2.05) is 19.2 Å². The van der Waals surface area contributed by atoms with Crippen LogP contribution in [0.1, 0.15) is 45.4 Å². The molecule has 2 N–H and O–H groups in total. The Labute approximate surface area is 178 Å². The highest BCUT2D eigenvalue weighted by molar-refractivity contribution is 7.89. The van der Waals surface area contributed by atoms with E-state index in [1.165, 1.54) is 0 Å². The lowest BCUT2D eigenvalue weighted by atomic mass is 9.84. The molecule has 2 aromatic rings. The highest BCUT2D eigenvalue weighted by Gasteiger charge is 2.37. The minimum absolute atomic E-state index is 0.0356. The molecule has 1 atom stereocenters. The highest BCUT2D eigenvalue weighted by Crippen LogP contribution is 2.34. The zero-order valence-corrected chi connectivity index (χ0v) is 18.7. The van der Waals surface area contributed by atoms with E-state index in [-0.39, 0.29) is 23.7 Å². The average molecular weight is 436 g/mol. The number of aromatic amines is 1. The van der Waals surface area contributed by atoms with Crippen molar-refractivity contribution in [2.24, 2.45) is 11.3 Å². The quantitative estimate of drug-likeness (QED) is 0.722. The van der Waals surface area contributed by atoms with Crippen LogP contribution in [-0.4, -0.2) is 71.3 Å². The lowest BCUT2D eigenvalue weighted by molar-refractivity contribution is 0.0808. The van der Waals surface area contributed by atoms with Gasteiger partial charge in [-0.15, -0.1) is 0 Å². The van der Waals surface area contributed by atoms with Crippen molar-refractivity contribution in [3.8, 4) is 0 Å². The van der Waals surface area contributed by atoms with Crippen LogP contribution in [0.4, 0.5) is 5.82 Å². The molecule has 0 radical (unpaired) electrons. The number of hydrogen-bond donors (Lipinski definition) is 2. The minimum Gasteiger partial charge on any atom is -0.396 e. The van der Waals surface area contributed by atoms with Crippen LogP contribution in [0.25, 0.3) is 11.0 Å². The largest absolute Gasteiger partial charge is 0.396 e. The number of aliphatic hydroxyl groups is 1. The van der Waals surface area contributed by atoms with Gasteiger partial charge in [0.2, 0.25) is 10.0 Å². The van der Waals surface area contributed by atoms with Gasteiger partial charge >= 0.3 is 0 Å². The van der Waals surface area contributed by atoms with Gasteiger partial charge in [0.05, 0.1) is 11.1 Å². The second-order valence-electron chi connectivity index (χ2n) is 9.41. The van der Waals surface area contributed by atoms with Gasteiger partial charge in [0.15, 0.2) is 0 Å². The predicted octanol–water partition coefficient (Wildman–Crippen LogP) is 2.38. The van der Waals surface area contributed by atoms with Gasteiger partial charge in [0.1, 0.15) is 17.8 Å². The molecule has 0 amide bonds. The third-order valence-electron chi connectivity index (χ3n) is 7.00. The summed E-state index contributed by atoms with van der Waals surface area (Å²) in [6.07, 6.45) is 8.89. The van der Waals surface area contributed by atoms with Gasteiger partial charge in [0.25, 0.3) is 0 Å². The summed E-state index contributed by atoms with van der Waals surface area (Å²) in [5.74, 6) is 1.34. The second-order valence-corrected chi connectivity index (χ2v) is 11.4. The average Bonchev–Trinajstić information content (AvgIpc) is 3.22. The fourth-order valence-corrected chi connectivity index (χ4v) is 7.10. The van der Waals surface area contributed by atoms with Crippen molar-refractivity contribution in [1.29, 1.82) is 0 Å². The Kier molecular flexibility index (Phi) is 6.05. The number of aromatic nitrogens is 3. The van der Waals surface area contributed by atoms with E-state index in [0.29, 0.717) is 19.1 Å². The first kappa shape index (κ1) is 21.5. The van der Waals surface area contributed by atoms with Crippen molar-refractivity contribution in [3.05, 3.63) is 18.6 Å². The van der Waals surface area contributed by atoms with Gasteiger partial charge in [-0.25, -0.2) is 22.7 Å². The maximum atomic E-state index is 13.0. The SMILES string of the molecule is CN(c1ncnc2[nH]ccc12)C1CCC(CS(=O)(=O)N2CCC[C@@](C)(CO)C2)CC1. The monoisotopic (exact) mass is 435 g/mol. The Balaban J connectivity index is 1.36. The Hall–Kier alpha value is -1.71. The number of piperidine rings is 1. The van der Waals surface area contributed by atoms with E-state index in [9.17, 15) is 13.5 Å². The molecule has 3 heterocycles. The topological polar surface area (TPSA) is 102 Å². The molecule has 4 rings (SSSR count). The number of H-pyrrole nitrogens is 1. The van der Waals surface area contributed by atoms with Crippen LogP contribution < -0.4 is 4.90 Å². The summed E-state index contributed by atoms with van der Waals surface area (Å²) in [6, 6.07) is 2.35. The first-order chi connectivity index (χ1) is 14.3. The molecule has 1 aliphatic heterocycles. The molecule has 1 saturated heterocycles. The number of sulfonamides is 1. The van der Waals surface area contributed by atoms with Gasteiger partial charge < -0.3 is 15.0 Å². The van der Waals surface area contributed by atoms with Gasteiger partial charge in [-0.05, 0) is 50.5 Å². The standard InChI is InChI=1S/C21H33N5O3S/c1-21(14-27)9-3-11-26(13-21)30(28,29)12-16-4-6-17(7-5-16)25(2)20-18-8-10-22-19(18)23-15-24-20/h8,10,15-17,27H,3-7,9,11-14H2,1-2H3,(H,22,23,24)/t16?,17?,21-/m1/s1. The fraction of sp³-hybridized carbons (Fsp3) is 0.714. The molecule has 30 heavy (non-hydrogen) atoms. The molecule has 0 unspecified atom stereocenters. The number of fused-ring (bicyclic) bond motifs is 1. The molecule has 2 fully saturated rings. The van der Waals surface area contributed by atoms with Gasteiger partial charge in [-0.3, -0.25) is 0 Å². The summed E-state index contributed by atoms with van der Waals surface area (Å²) in [4.78, 5) is 14.1. The summed E-state index contributed by atoms with van der Waals surface area (Å²) in [6.45, 7) is 3.03. The zero-order chi connectivity index (χ0) is 21.4. The van der Waals surface area contributed by atoms with E-state index >= 15 is 0 Å². The Morgan fingerprint density at radius 2 is 2.07 bits per heavy atom. The molecule has 0 bridgehead atoms. The molecule has 0 aromatic carbocycles. The van der Waals surface area contributed by atoms with Crippen LogP contribution in [0.2, 0.25) is 0 Å². The van der Waals surface area contributed by atoms with Crippen molar-refractivity contribution in [2.45, 2.75) is 51.5 Å². The van der Waals surface area contributed by atoms with Crippen molar-refractivity contribution < 1.29 is 13.5 Å². The third-order valence-corrected chi connectivity index (χ3v) is 8.99. The van der Waals surface area contributed by atoms with E-state index in [0.717, 1.165) is 55.4 Å². The molecule has 9 heteroatoms. The molecule has 8 nitrogen and oxygen atoms in total. The van der Waals surface area contributed by atoms with Crippen LogP contribution in [-0.2, 0) is 10.0 Å². The van der Waals surface area contributed by atoms with Gasteiger partial charge in [-0.1, -0.05) is 6.92 Å². The van der Waals surface area contributed by atoms with Crippen molar-refractivity contribution in [3.63, 3.8) is 0 Å². The maximum absolute atomic E-state index is 13.0. The van der Waals surface area contributed by atoms with Crippen LogP contribution in [0.5, 0.6) is 0 Å². The normalized spacial score (nSPS) is 28.6. The summed E-state index contributed by atoms with van der Waals surface area (Å²) >= 11 is 0. The number of nitrogens with zero attached hydrogens (tertiary/aromatic N) is 4. The van der Waals surface area contributed by atoms with Gasteiger partial charge in [0, 0.05) is 44.4 Å². The van der Waals surface area contributed by atoms with Crippen LogP contribution in [0.15, 0.2) is 18.6 Å². The molecular formula is C21H33N5O3S. The van der Waals surface area contributed by atoms with Crippen molar-refractivity contribution in [1.82, 2.24) is 19.3 Å². The third kappa shape index (κ3) is 4.33. The number of aliphatic hydroxyl groups excluding tert-OH is 1. The maximum Gasteiger partial charge on any atom is 0.214 e. The predicted molar refractivity (Wildman–Crippen MR) is 118 cm³/mol. The van der Waals surface area contributed by atoms with E-state index in [2.05, 4.69) is 26.9 Å². The number of rotatable bonds is 6. The summed E-state index contributed by atoms with van der Waals surface area (Å²) in [7, 11) is -1.22. The molecule has 1 saturated carbocycles. The Bertz CT molecular complexity index is 970. The minimum atomic E-state index is -3.29. The van der Waals surface area contributed by atoms with E-state index in [4.69, 9.17) is 0 Å². The molecule has 2 aliphatic rings. The molecule has 1 aliphatic carbocycles. The second kappa shape index (κ2) is 8.43. The number of nitrogens with one attached hydrogen (secondary N) is 1. The van der Waals surface area contributed by atoms with Crippen molar-refractivity contribution >= 4 is 26.9 Å². The summed E-state index contributed by atoms with van der Waals surface area (Å²) in [5.41, 5.74) is 0.523. The van der Waals surface area contributed by atoms with Gasteiger partial charge in [-0.2, -0.15) is 0 Å². The van der Waals surface area contributed by atoms with Crippen LogP contribution >= 0.6 is 0 Å². The Morgan fingerprint density at radius 3 is 2.80 bits per heavy atom. The smallest absolute Gasteiger partial charge is 0.214 e. The summed E-state index contributed by atoms with van der Waals surface area (Å²) in [5, 5.41) is 10.7. The molecule has 166 valence electrons. The number of hydrogen-bond acceptors (Lipinski definition) is 6. The van der Waals surface area contributed by atoms with Crippen LogP contribution in [0.3, 0.4) is 0 Å².